The first-order valence-electron chi connectivity index (χ1n) is 5.43. The van der Waals surface area contributed by atoms with Crippen LogP contribution in [0.15, 0.2) is 16.8 Å². The van der Waals surface area contributed by atoms with Crippen molar-refractivity contribution in [1.29, 1.82) is 0 Å². The van der Waals surface area contributed by atoms with E-state index >= 15 is 0 Å². The molecule has 3 heteroatoms. The Hall–Kier alpha value is -1.15. The van der Waals surface area contributed by atoms with E-state index in [9.17, 15) is 0 Å². The van der Waals surface area contributed by atoms with Crippen molar-refractivity contribution >= 4 is 23.4 Å². The highest BCUT2D eigenvalue weighted by Gasteiger charge is 2.15. The molecule has 1 aromatic rings. The summed E-state index contributed by atoms with van der Waals surface area (Å²) in [7, 11) is 0. The van der Waals surface area contributed by atoms with E-state index in [4.69, 9.17) is 11.6 Å². The Morgan fingerprint density at radius 1 is 1.25 bits per heavy atom. The lowest BCUT2D eigenvalue weighted by molar-refractivity contribution is 0.946. The first kappa shape index (κ1) is 11.3. The number of halogens is 1. The Morgan fingerprint density at radius 3 is 2.69 bits per heavy atom. The fourth-order valence-electron chi connectivity index (χ4n) is 1.89. The normalized spacial score (nSPS) is 15.8. The molecular weight excluding hydrogens is 220 g/mol. The molecule has 1 aromatic heterocycles. The predicted octanol–water partition coefficient (Wildman–Crippen LogP) is 3.60. The topological polar surface area (TPSA) is 25.2 Å². The van der Waals surface area contributed by atoms with Gasteiger partial charge in [0, 0.05) is 30.1 Å². The molecule has 0 saturated carbocycles. The molecule has 0 unspecified atom stereocenters. The van der Waals surface area contributed by atoms with Gasteiger partial charge in [-0.15, -0.1) is 0 Å². The smallest absolute Gasteiger partial charge is 0.137 e. The van der Waals surface area contributed by atoms with Crippen LogP contribution in [0, 0.1) is 13.8 Å². The van der Waals surface area contributed by atoms with E-state index in [0.717, 1.165) is 24.1 Å². The molecule has 0 amide bonds. The zero-order valence-corrected chi connectivity index (χ0v) is 10.6. The van der Waals surface area contributed by atoms with Gasteiger partial charge in [-0.1, -0.05) is 17.2 Å². The molecule has 0 N–H and O–H groups in total. The molecule has 0 atom stereocenters. The molecule has 2 nitrogen and oxygen atoms in total. The van der Waals surface area contributed by atoms with Crippen molar-refractivity contribution in [2.24, 2.45) is 4.99 Å². The fraction of sp³-hybridized carbons (Fsp3) is 0.385. The average Bonchev–Trinajstić information content (AvgIpc) is 2.27. The number of pyridine rings is 1. The SMILES string of the molecule is CC1=C(c2c(Cl)ncc(C)c2C)C=NCC1. The van der Waals surface area contributed by atoms with Crippen LogP contribution < -0.4 is 0 Å². The maximum absolute atomic E-state index is 6.19. The molecule has 0 aromatic carbocycles. The second-order valence-corrected chi connectivity index (χ2v) is 4.57. The van der Waals surface area contributed by atoms with Gasteiger partial charge in [0.15, 0.2) is 0 Å². The van der Waals surface area contributed by atoms with Crippen molar-refractivity contribution in [3.8, 4) is 0 Å². The number of hydrogen-bond donors (Lipinski definition) is 0. The Balaban J connectivity index is 2.64. The van der Waals surface area contributed by atoms with Gasteiger partial charge in [-0.2, -0.15) is 0 Å². The summed E-state index contributed by atoms with van der Waals surface area (Å²) in [6.45, 7) is 7.16. The van der Waals surface area contributed by atoms with E-state index in [0.29, 0.717) is 5.15 Å². The summed E-state index contributed by atoms with van der Waals surface area (Å²) in [6.07, 6.45) is 4.75. The number of allylic oxidation sites excluding steroid dienone is 1. The lowest BCUT2D eigenvalue weighted by Gasteiger charge is -2.16. The lowest BCUT2D eigenvalue weighted by Crippen LogP contribution is -2.04. The molecule has 1 aliphatic rings. The van der Waals surface area contributed by atoms with Crippen molar-refractivity contribution in [1.82, 2.24) is 4.98 Å². The predicted molar refractivity (Wildman–Crippen MR) is 69.3 cm³/mol. The number of aromatic nitrogens is 1. The van der Waals surface area contributed by atoms with Crippen molar-refractivity contribution in [3.63, 3.8) is 0 Å². The van der Waals surface area contributed by atoms with Gasteiger partial charge in [-0.25, -0.2) is 4.98 Å². The largest absolute Gasteiger partial charge is 0.292 e. The number of rotatable bonds is 1. The van der Waals surface area contributed by atoms with Crippen molar-refractivity contribution in [2.45, 2.75) is 27.2 Å². The second-order valence-electron chi connectivity index (χ2n) is 4.21. The first-order chi connectivity index (χ1) is 7.61. The quantitative estimate of drug-likeness (QED) is 0.682. The minimum absolute atomic E-state index is 0.575. The fourth-order valence-corrected chi connectivity index (χ4v) is 2.18. The molecule has 0 bridgehead atoms. The number of hydrogen-bond acceptors (Lipinski definition) is 2. The molecule has 0 fully saturated rings. The van der Waals surface area contributed by atoms with Gasteiger partial charge < -0.3 is 0 Å². The third-order valence-electron chi connectivity index (χ3n) is 3.11. The average molecular weight is 235 g/mol. The molecule has 0 aliphatic carbocycles. The minimum Gasteiger partial charge on any atom is -0.292 e. The summed E-state index contributed by atoms with van der Waals surface area (Å²) in [5, 5.41) is 0.575. The van der Waals surface area contributed by atoms with Crippen molar-refractivity contribution in [2.75, 3.05) is 6.54 Å². The van der Waals surface area contributed by atoms with E-state index < -0.39 is 0 Å². The van der Waals surface area contributed by atoms with Crippen LogP contribution in [0.2, 0.25) is 5.15 Å². The van der Waals surface area contributed by atoms with Gasteiger partial charge in [0.05, 0.1) is 0 Å². The van der Waals surface area contributed by atoms with Crippen LogP contribution in [-0.4, -0.2) is 17.7 Å². The van der Waals surface area contributed by atoms with E-state index in [2.05, 4.69) is 30.7 Å². The lowest BCUT2D eigenvalue weighted by atomic mass is 9.94. The van der Waals surface area contributed by atoms with Crippen LogP contribution >= 0.6 is 11.6 Å². The van der Waals surface area contributed by atoms with Crippen LogP contribution in [0.5, 0.6) is 0 Å². The number of dihydropyridines is 1. The van der Waals surface area contributed by atoms with Gasteiger partial charge in [0.2, 0.25) is 0 Å². The number of nitrogens with zero attached hydrogens (tertiary/aromatic N) is 2. The first-order valence-corrected chi connectivity index (χ1v) is 5.80. The van der Waals surface area contributed by atoms with Crippen LogP contribution in [-0.2, 0) is 0 Å². The Kier molecular flexibility index (Phi) is 3.10. The molecule has 1 aliphatic heterocycles. The second kappa shape index (κ2) is 4.38. The van der Waals surface area contributed by atoms with Gasteiger partial charge in [-0.3, -0.25) is 4.99 Å². The summed E-state index contributed by atoms with van der Waals surface area (Å²) < 4.78 is 0. The highest BCUT2D eigenvalue weighted by atomic mass is 35.5. The molecule has 2 heterocycles. The zero-order chi connectivity index (χ0) is 11.7. The zero-order valence-electron chi connectivity index (χ0n) is 9.84. The monoisotopic (exact) mass is 234 g/mol. The summed E-state index contributed by atoms with van der Waals surface area (Å²) in [4.78, 5) is 8.55. The summed E-state index contributed by atoms with van der Waals surface area (Å²) >= 11 is 6.19. The van der Waals surface area contributed by atoms with Gasteiger partial charge in [0.25, 0.3) is 0 Å². The molecule has 84 valence electrons. The summed E-state index contributed by atoms with van der Waals surface area (Å²) in [5.74, 6) is 0. The number of aliphatic imine (C=N–C) groups is 1. The van der Waals surface area contributed by atoms with Crippen molar-refractivity contribution in [3.05, 3.63) is 33.6 Å². The Morgan fingerprint density at radius 2 is 2.00 bits per heavy atom. The van der Waals surface area contributed by atoms with E-state index in [1.807, 2.05) is 12.4 Å². The standard InChI is InChI=1S/C13H15ClN2/c1-8-4-5-15-7-11(8)12-10(3)9(2)6-16-13(12)14/h6-7H,4-5H2,1-3H3. The molecule has 0 saturated heterocycles. The van der Waals surface area contributed by atoms with Gasteiger partial charge in [-0.05, 0) is 38.3 Å². The maximum atomic E-state index is 6.19. The molecule has 0 spiro atoms. The third kappa shape index (κ3) is 1.90. The van der Waals surface area contributed by atoms with E-state index in [1.54, 1.807) is 0 Å². The van der Waals surface area contributed by atoms with Gasteiger partial charge >= 0.3 is 0 Å². The van der Waals surface area contributed by atoms with Crippen LogP contribution in [0.3, 0.4) is 0 Å². The van der Waals surface area contributed by atoms with Crippen molar-refractivity contribution < 1.29 is 0 Å². The summed E-state index contributed by atoms with van der Waals surface area (Å²) in [6, 6.07) is 0. The van der Waals surface area contributed by atoms with Crippen LogP contribution in [0.4, 0.5) is 0 Å². The van der Waals surface area contributed by atoms with E-state index in [-0.39, 0.29) is 0 Å². The summed E-state index contributed by atoms with van der Waals surface area (Å²) in [5.41, 5.74) is 5.89. The molecule has 2 rings (SSSR count). The molecule has 0 radical (unpaired) electrons. The maximum Gasteiger partial charge on any atom is 0.137 e. The minimum atomic E-state index is 0.575. The molecule has 16 heavy (non-hydrogen) atoms. The highest BCUT2D eigenvalue weighted by Crippen LogP contribution is 2.30. The van der Waals surface area contributed by atoms with Crippen LogP contribution in [0.1, 0.15) is 30.0 Å². The third-order valence-corrected chi connectivity index (χ3v) is 3.40. The van der Waals surface area contributed by atoms with Gasteiger partial charge in [0.1, 0.15) is 5.15 Å². The Bertz CT molecular complexity index is 487. The Labute approximate surface area is 101 Å². The number of aryl methyl sites for hydroxylation is 1. The van der Waals surface area contributed by atoms with E-state index in [1.165, 1.54) is 16.7 Å². The highest BCUT2D eigenvalue weighted by molar-refractivity contribution is 6.33. The van der Waals surface area contributed by atoms with Crippen LogP contribution in [0.25, 0.3) is 5.57 Å². The molecular formula is C13H15ClN2.